The van der Waals surface area contributed by atoms with Crippen molar-refractivity contribution in [2.75, 3.05) is 30.4 Å². The summed E-state index contributed by atoms with van der Waals surface area (Å²) in [5.41, 5.74) is 0. The molecule has 0 radical (unpaired) electrons. The smallest absolute Gasteiger partial charge is 0.224 e. The van der Waals surface area contributed by atoms with Crippen molar-refractivity contribution in [1.82, 2.24) is 9.97 Å². The average Bonchev–Trinajstić information content (AvgIpc) is 2.79. The highest BCUT2D eigenvalue weighted by Gasteiger charge is 2.27. The van der Waals surface area contributed by atoms with Crippen LogP contribution in [0.2, 0.25) is 0 Å². The van der Waals surface area contributed by atoms with Gasteiger partial charge in [-0.25, -0.2) is 4.98 Å². The SMILES string of the molecule is CNc1ncc(Br)c(N2CCC(C(C)C)C2)n1. The molecule has 5 heteroatoms. The Labute approximate surface area is 111 Å². The van der Waals surface area contributed by atoms with Crippen LogP contribution in [0.3, 0.4) is 0 Å². The van der Waals surface area contributed by atoms with Gasteiger partial charge in [-0.2, -0.15) is 4.98 Å². The second kappa shape index (κ2) is 5.21. The fourth-order valence-electron chi connectivity index (χ4n) is 2.22. The number of nitrogens with zero attached hydrogens (tertiary/aromatic N) is 3. The summed E-state index contributed by atoms with van der Waals surface area (Å²) < 4.78 is 0.973. The zero-order chi connectivity index (χ0) is 12.4. The highest BCUT2D eigenvalue weighted by atomic mass is 79.9. The van der Waals surface area contributed by atoms with Crippen molar-refractivity contribution in [1.29, 1.82) is 0 Å². The van der Waals surface area contributed by atoms with Gasteiger partial charge in [-0.05, 0) is 34.2 Å². The van der Waals surface area contributed by atoms with Crippen LogP contribution in [0, 0.1) is 11.8 Å². The Hall–Kier alpha value is -0.840. The van der Waals surface area contributed by atoms with Crippen molar-refractivity contribution in [2.45, 2.75) is 20.3 Å². The number of aromatic nitrogens is 2. The molecule has 94 valence electrons. The van der Waals surface area contributed by atoms with Crippen LogP contribution >= 0.6 is 15.9 Å². The van der Waals surface area contributed by atoms with Gasteiger partial charge >= 0.3 is 0 Å². The van der Waals surface area contributed by atoms with Crippen LogP contribution in [-0.4, -0.2) is 30.1 Å². The third-order valence-corrected chi connectivity index (χ3v) is 3.98. The molecular formula is C12H19BrN4. The van der Waals surface area contributed by atoms with Crippen LogP contribution in [0.5, 0.6) is 0 Å². The standard InChI is InChI=1S/C12H19BrN4/c1-8(2)9-4-5-17(7-9)11-10(13)6-15-12(14-3)16-11/h6,8-9H,4-5,7H2,1-3H3,(H,14,15,16). The molecule has 4 nitrogen and oxygen atoms in total. The normalized spacial score (nSPS) is 20.1. The molecule has 0 amide bonds. The summed E-state index contributed by atoms with van der Waals surface area (Å²) in [7, 11) is 1.84. The molecule has 1 saturated heterocycles. The molecule has 1 aromatic heterocycles. The molecular weight excluding hydrogens is 280 g/mol. The van der Waals surface area contributed by atoms with Gasteiger partial charge in [-0.15, -0.1) is 0 Å². The number of nitrogens with one attached hydrogen (secondary N) is 1. The highest BCUT2D eigenvalue weighted by Crippen LogP contribution is 2.31. The van der Waals surface area contributed by atoms with Crippen LogP contribution in [0.15, 0.2) is 10.7 Å². The van der Waals surface area contributed by atoms with Gasteiger partial charge in [0.2, 0.25) is 5.95 Å². The Balaban J connectivity index is 2.18. The molecule has 17 heavy (non-hydrogen) atoms. The Bertz CT molecular complexity index is 394. The highest BCUT2D eigenvalue weighted by molar-refractivity contribution is 9.10. The second-order valence-corrected chi connectivity index (χ2v) is 5.71. The maximum Gasteiger partial charge on any atom is 0.224 e. The third kappa shape index (κ3) is 2.70. The summed E-state index contributed by atoms with van der Waals surface area (Å²) >= 11 is 3.53. The zero-order valence-corrected chi connectivity index (χ0v) is 12.2. The van der Waals surface area contributed by atoms with Crippen molar-refractivity contribution in [2.24, 2.45) is 11.8 Å². The maximum atomic E-state index is 4.52. The van der Waals surface area contributed by atoms with E-state index in [0.29, 0.717) is 5.95 Å². The van der Waals surface area contributed by atoms with E-state index in [9.17, 15) is 0 Å². The van der Waals surface area contributed by atoms with Gasteiger partial charge < -0.3 is 10.2 Å². The van der Waals surface area contributed by atoms with E-state index in [1.165, 1.54) is 6.42 Å². The van der Waals surface area contributed by atoms with Crippen LogP contribution in [0.1, 0.15) is 20.3 Å². The Morgan fingerprint density at radius 3 is 2.88 bits per heavy atom. The Kier molecular flexibility index (Phi) is 3.86. The van der Waals surface area contributed by atoms with E-state index in [1.54, 1.807) is 0 Å². The third-order valence-electron chi connectivity index (χ3n) is 3.42. The monoisotopic (exact) mass is 298 g/mol. The van der Waals surface area contributed by atoms with Gasteiger partial charge in [-0.3, -0.25) is 0 Å². The van der Waals surface area contributed by atoms with E-state index in [-0.39, 0.29) is 0 Å². The first-order chi connectivity index (χ1) is 8.11. The summed E-state index contributed by atoms with van der Waals surface area (Å²) in [6.45, 7) is 6.77. The summed E-state index contributed by atoms with van der Waals surface area (Å²) in [5.74, 6) is 3.20. The predicted octanol–water partition coefficient (Wildman–Crippen LogP) is 2.76. The predicted molar refractivity (Wildman–Crippen MR) is 74.4 cm³/mol. The van der Waals surface area contributed by atoms with E-state index in [2.05, 4.69) is 50.0 Å². The van der Waals surface area contributed by atoms with Crippen LogP contribution in [-0.2, 0) is 0 Å². The molecule has 2 heterocycles. The van der Waals surface area contributed by atoms with Gasteiger partial charge in [0, 0.05) is 26.3 Å². The number of rotatable bonds is 3. The number of hydrogen-bond acceptors (Lipinski definition) is 4. The van der Waals surface area contributed by atoms with Crippen molar-refractivity contribution in [3.05, 3.63) is 10.7 Å². The lowest BCUT2D eigenvalue weighted by atomic mass is 9.95. The second-order valence-electron chi connectivity index (χ2n) is 4.85. The first-order valence-electron chi connectivity index (χ1n) is 6.07. The van der Waals surface area contributed by atoms with E-state index < -0.39 is 0 Å². The number of hydrogen-bond donors (Lipinski definition) is 1. The average molecular weight is 299 g/mol. The first-order valence-corrected chi connectivity index (χ1v) is 6.86. The molecule has 1 unspecified atom stereocenters. The van der Waals surface area contributed by atoms with E-state index in [1.807, 2.05) is 13.2 Å². The maximum absolute atomic E-state index is 4.52. The molecule has 0 spiro atoms. The molecule has 1 atom stereocenters. The fourth-order valence-corrected chi connectivity index (χ4v) is 2.67. The molecule has 0 aliphatic carbocycles. The molecule has 1 aromatic rings. The lowest BCUT2D eigenvalue weighted by Crippen LogP contribution is -2.23. The van der Waals surface area contributed by atoms with Crippen molar-refractivity contribution < 1.29 is 0 Å². The van der Waals surface area contributed by atoms with Crippen LogP contribution < -0.4 is 10.2 Å². The van der Waals surface area contributed by atoms with Gasteiger partial charge in [-0.1, -0.05) is 13.8 Å². The molecule has 0 saturated carbocycles. The van der Waals surface area contributed by atoms with E-state index in [4.69, 9.17) is 0 Å². The molecule has 0 aromatic carbocycles. The van der Waals surface area contributed by atoms with Crippen LogP contribution in [0.4, 0.5) is 11.8 Å². The fraction of sp³-hybridized carbons (Fsp3) is 0.667. The van der Waals surface area contributed by atoms with E-state index in [0.717, 1.165) is 35.2 Å². The Morgan fingerprint density at radius 1 is 1.53 bits per heavy atom. The Morgan fingerprint density at radius 2 is 2.29 bits per heavy atom. The van der Waals surface area contributed by atoms with Crippen LogP contribution in [0.25, 0.3) is 0 Å². The largest absolute Gasteiger partial charge is 0.357 e. The summed E-state index contributed by atoms with van der Waals surface area (Å²) in [5, 5.41) is 2.98. The summed E-state index contributed by atoms with van der Waals surface area (Å²) in [6, 6.07) is 0. The number of halogens is 1. The van der Waals surface area contributed by atoms with Gasteiger partial charge in [0.15, 0.2) is 0 Å². The minimum Gasteiger partial charge on any atom is -0.357 e. The lowest BCUT2D eigenvalue weighted by Gasteiger charge is -2.20. The van der Waals surface area contributed by atoms with Crippen molar-refractivity contribution in [3.8, 4) is 0 Å². The van der Waals surface area contributed by atoms with Gasteiger partial charge in [0.05, 0.1) is 4.47 Å². The minimum absolute atomic E-state index is 0.677. The number of anilines is 2. The molecule has 1 aliphatic rings. The lowest BCUT2D eigenvalue weighted by molar-refractivity contribution is 0.422. The van der Waals surface area contributed by atoms with Gasteiger partial charge in [0.1, 0.15) is 5.82 Å². The molecule has 1 N–H and O–H groups in total. The summed E-state index contributed by atoms with van der Waals surface area (Å²) in [6.07, 6.45) is 3.07. The van der Waals surface area contributed by atoms with Crippen molar-refractivity contribution in [3.63, 3.8) is 0 Å². The van der Waals surface area contributed by atoms with Crippen molar-refractivity contribution >= 4 is 27.7 Å². The quantitative estimate of drug-likeness (QED) is 0.932. The van der Waals surface area contributed by atoms with Gasteiger partial charge in [0.25, 0.3) is 0 Å². The van der Waals surface area contributed by atoms with E-state index >= 15 is 0 Å². The molecule has 1 aliphatic heterocycles. The zero-order valence-electron chi connectivity index (χ0n) is 10.6. The topological polar surface area (TPSA) is 41.1 Å². The molecule has 0 bridgehead atoms. The minimum atomic E-state index is 0.677. The summed E-state index contributed by atoms with van der Waals surface area (Å²) in [4.78, 5) is 11.1. The molecule has 2 rings (SSSR count). The first kappa shape index (κ1) is 12.6. The molecule has 1 fully saturated rings.